The molecule has 0 bridgehead atoms. The van der Waals surface area contributed by atoms with Crippen LogP contribution in [0.3, 0.4) is 0 Å². The SMILES string of the molecule is Cc1cc(-c2cccc3ccccc23)cc(-c2nc(Cl)cc(-c3cccc4ccccc34)n2)n1.Cc1cc(-c2cccc3ccccc23)cc(O[B]O)n1.Clc1cc(-c2cccc3ccccc23)nc(Cl)n1. The van der Waals surface area contributed by atoms with E-state index in [0.717, 1.165) is 77.7 Å². The molecule has 0 unspecified atom stereocenters. The second-order valence-corrected chi connectivity index (χ2v) is 17.9. The highest BCUT2D eigenvalue weighted by Crippen LogP contribution is 2.35. The van der Waals surface area contributed by atoms with Gasteiger partial charge in [0, 0.05) is 40.7 Å². The zero-order chi connectivity index (χ0) is 49.6. The summed E-state index contributed by atoms with van der Waals surface area (Å²) in [7, 11) is 0.647. The summed E-state index contributed by atoms with van der Waals surface area (Å²) in [5.74, 6) is 0.899. The number of rotatable bonds is 7. The summed E-state index contributed by atoms with van der Waals surface area (Å²) in [5, 5.41) is 19.0. The van der Waals surface area contributed by atoms with Crippen LogP contribution in [0.4, 0.5) is 0 Å². The molecule has 8 aromatic carbocycles. The Bertz CT molecular complexity index is 3780. The largest absolute Gasteiger partial charge is 0.570 e. The molecule has 0 saturated carbocycles. The quantitative estimate of drug-likeness (QED) is 0.0956. The molecule has 4 heterocycles. The summed E-state index contributed by atoms with van der Waals surface area (Å²) in [6.07, 6.45) is 0. The fourth-order valence-corrected chi connectivity index (χ4v) is 9.49. The number of aryl methyl sites for hydroxylation is 2. The zero-order valence-corrected chi connectivity index (χ0v) is 41.1. The van der Waals surface area contributed by atoms with Gasteiger partial charge >= 0.3 is 7.69 Å². The van der Waals surface area contributed by atoms with Crippen LogP contribution in [0.2, 0.25) is 15.6 Å². The van der Waals surface area contributed by atoms with Crippen molar-refractivity contribution in [2.45, 2.75) is 13.8 Å². The van der Waals surface area contributed by atoms with Gasteiger partial charge in [0.1, 0.15) is 16.0 Å². The second kappa shape index (κ2) is 21.5. The molecule has 0 aliphatic rings. The fourth-order valence-electron chi connectivity index (χ4n) is 8.90. The van der Waals surface area contributed by atoms with Crippen LogP contribution in [0.15, 0.2) is 206 Å². The predicted octanol–water partition coefficient (Wildman–Crippen LogP) is 15.9. The Morgan fingerprint density at radius 3 is 1.26 bits per heavy atom. The first-order valence-corrected chi connectivity index (χ1v) is 24.1. The Morgan fingerprint density at radius 1 is 0.375 bits per heavy atom. The first-order chi connectivity index (χ1) is 35.2. The van der Waals surface area contributed by atoms with Crippen molar-refractivity contribution in [2.24, 2.45) is 0 Å². The van der Waals surface area contributed by atoms with Crippen LogP contribution in [-0.4, -0.2) is 42.6 Å². The Balaban J connectivity index is 0.000000134. The number of aromatic nitrogens is 6. The van der Waals surface area contributed by atoms with Crippen molar-refractivity contribution < 1.29 is 9.68 Å². The maximum Gasteiger partial charge on any atom is 0.570 e. The molecule has 0 aliphatic heterocycles. The molecule has 12 heteroatoms. The topological polar surface area (TPSA) is 107 Å². The van der Waals surface area contributed by atoms with E-state index in [0.29, 0.717) is 35.4 Å². The van der Waals surface area contributed by atoms with Gasteiger partial charge in [0.25, 0.3) is 0 Å². The summed E-state index contributed by atoms with van der Waals surface area (Å²) < 4.78 is 4.98. The third kappa shape index (κ3) is 10.7. The van der Waals surface area contributed by atoms with Gasteiger partial charge in [0.05, 0.1) is 11.4 Å². The Morgan fingerprint density at radius 2 is 0.778 bits per heavy atom. The molecule has 0 saturated heterocycles. The van der Waals surface area contributed by atoms with Crippen LogP contribution in [0.1, 0.15) is 11.4 Å². The first-order valence-electron chi connectivity index (χ1n) is 22.9. The van der Waals surface area contributed by atoms with E-state index in [1.54, 1.807) is 6.07 Å². The Kier molecular flexibility index (Phi) is 14.2. The van der Waals surface area contributed by atoms with E-state index in [-0.39, 0.29) is 5.28 Å². The van der Waals surface area contributed by atoms with Gasteiger partial charge in [0.2, 0.25) is 5.28 Å². The van der Waals surface area contributed by atoms with Crippen molar-refractivity contribution >= 4 is 85.6 Å². The van der Waals surface area contributed by atoms with Gasteiger partial charge in [-0.2, -0.15) is 0 Å². The summed E-state index contributed by atoms with van der Waals surface area (Å²) in [6.45, 7) is 3.90. The van der Waals surface area contributed by atoms with E-state index in [1.165, 1.54) is 21.5 Å². The zero-order valence-electron chi connectivity index (χ0n) is 38.9. The van der Waals surface area contributed by atoms with E-state index in [9.17, 15) is 0 Å². The molecule has 8 nitrogen and oxygen atoms in total. The van der Waals surface area contributed by atoms with Crippen molar-refractivity contribution in [3.05, 3.63) is 233 Å². The first kappa shape index (κ1) is 47.6. The molecule has 0 spiro atoms. The number of halogens is 3. The lowest BCUT2D eigenvalue weighted by atomic mass is 9.98. The van der Waals surface area contributed by atoms with Crippen molar-refractivity contribution in [1.82, 2.24) is 29.9 Å². The van der Waals surface area contributed by atoms with Crippen LogP contribution in [0, 0.1) is 13.8 Å². The van der Waals surface area contributed by atoms with Gasteiger partial charge in [-0.15, -0.1) is 0 Å². The van der Waals surface area contributed by atoms with Crippen molar-refractivity contribution in [1.29, 1.82) is 0 Å². The maximum atomic E-state index is 8.76. The molecular weight excluding hydrogens is 954 g/mol. The normalized spacial score (nSPS) is 10.9. The molecule has 1 radical (unpaired) electrons. The minimum absolute atomic E-state index is 0.158. The van der Waals surface area contributed by atoms with E-state index < -0.39 is 0 Å². The highest BCUT2D eigenvalue weighted by molar-refractivity contribution is 6.32. The van der Waals surface area contributed by atoms with Gasteiger partial charge in [-0.1, -0.05) is 193 Å². The highest BCUT2D eigenvalue weighted by Gasteiger charge is 2.15. The van der Waals surface area contributed by atoms with Gasteiger partial charge in [-0.05, 0) is 109 Å². The van der Waals surface area contributed by atoms with E-state index >= 15 is 0 Å². The Hall–Kier alpha value is -8.05. The third-order valence-electron chi connectivity index (χ3n) is 12.0. The van der Waals surface area contributed by atoms with Gasteiger partial charge < -0.3 is 9.68 Å². The standard InChI is InChI=1S/C30H20ClN3.C16H13BNO2.C14H8Cl2N2/c1-19-16-22(25-14-6-10-20-8-2-4-12-23(20)25)17-28(32-19)30-33-27(18-29(31)34-30)26-15-7-11-21-9-3-5-13-24(21)26;1-11-9-13(10-16(18-11)20-17-19)15-8-4-6-12-5-2-3-7-14(12)15;15-13-8-12(17-14(16)18-13)11-7-3-5-9-4-1-2-6-10(9)11/h2-18H,1H3;2-10,19H,1H3;1-8H. The number of nitrogens with zero attached hydrogens (tertiary/aromatic N) is 6. The lowest BCUT2D eigenvalue weighted by Crippen LogP contribution is -2.02. The van der Waals surface area contributed by atoms with Crippen LogP contribution < -0.4 is 4.65 Å². The number of hydrogen-bond acceptors (Lipinski definition) is 8. The van der Waals surface area contributed by atoms with Crippen LogP contribution >= 0.6 is 34.8 Å². The monoisotopic (exact) mass is 993 g/mol. The van der Waals surface area contributed by atoms with Gasteiger partial charge in [0.15, 0.2) is 11.7 Å². The minimum atomic E-state index is 0.158. The maximum absolute atomic E-state index is 8.76. The molecule has 72 heavy (non-hydrogen) atoms. The fraction of sp³-hybridized carbons (Fsp3) is 0.0333. The number of hydrogen-bond donors (Lipinski definition) is 1. The Labute approximate surface area is 431 Å². The molecule has 4 aromatic heterocycles. The average molecular weight is 995 g/mol. The van der Waals surface area contributed by atoms with E-state index in [1.807, 2.05) is 98.8 Å². The van der Waals surface area contributed by atoms with Crippen molar-refractivity contribution in [2.75, 3.05) is 0 Å². The van der Waals surface area contributed by atoms with Crippen LogP contribution in [0.5, 0.6) is 5.88 Å². The number of pyridine rings is 2. The number of fused-ring (bicyclic) bond motifs is 4. The molecule has 1 N–H and O–H groups in total. The van der Waals surface area contributed by atoms with Crippen LogP contribution in [0.25, 0.3) is 99.4 Å². The lowest BCUT2D eigenvalue weighted by molar-refractivity contribution is 0.442. The van der Waals surface area contributed by atoms with E-state index in [2.05, 4.69) is 135 Å². The number of benzene rings is 8. The van der Waals surface area contributed by atoms with E-state index in [4.69, 9.17) is 54.4 Å². The minimum Gasteiger partial charge on any atom is -0.523 e. The van der Waals surface area contributed by atoms with Crippen LogP contribution in [-0.2, 0) is 0 Å². The van der Waals surface area contributed by atoms with Gasteiger partial charge in [-0.3, -0.25) is 0 Å². The molecule has 0 atom stereocenters. The summed E-state index contributed by atoms with van der Waals surface area (Å²) >= 11 is 18.3. The summed E-state index contributed by atoms with van der Waals surface area (Å²) in [6, 6.07) is 69.3. The molecule has 12 rings (SSSR count). The highest BCUT2D eigenvalue weighted by atomic mass is 35.5. The predicted molar refractivity (Wildman–Crippen MR) is 296 cm³/mol. The molecule has 0 aliphatic carbocycles. The van der Waals surface area contributed by atoms with Crippen molar-refractivity contribution in [3.63, 3.8) is 0 Å². The van der Waals surface area contributed by atoms with Crippen molar-refractivity contribution in [3.8, 4) is 62.2 Å². The van der Waals surface area contributed by atoms with Gasteiger partial charge in [-0.25, -0.2) is 29.9 Å². The third-order valence-corrected chi connectivity index (χ3v) is 12.5. The smallest absolute Gasteiger partial charge is 0.523 e. The molecule has 12 aromatic rings. The molecule has 347 valence electrons. The molecule has 0 amide bonds. The average Bonchev–Trinajstić information content (AvgIpc) is 3.40. The second-order valence-electron chi connectivity index (χ2n) is 16.8. The summed E-state index contributed by atoms with van der Waals surface area (Å²) in [5.41, 5.74) is 10.3. The lowest BCUT2D eigenvalue weighted by Gasteiger charge is -2.11. The molecule has 0 fully saturated rings. The molecular formula is C60H41BCl3N6O2. The summed E-state index contributed by atoms with van der Waals surface area (Å²) in [4.78, 5) is 26.5.